The summed E-state index contributed by atoms with van der Waals surface area (Å²) in [4.78, 5) is 6.93. The van der Waals surface area contributed by atoms with E-state index in [9.17, 15) is 0 Å². The van der Waals surface area contributed by atoms with E-state index in [0.29, 0.717) is 25.2 Å². The van der Waals surface area contributed by atoms with Gasteiger partial charge in [-0.05, 0) is 42.7 Å². The van der Waals surface area contributed by atoms with Crippen LogP contribution in [-0.2, 0) is 22.6 Å². The summed E-state index contributed by atoms with van der Waals surface area (Å²) in [6.45, 7) is 7.76. The molecule has 5 nitrogen and oxygen atoms in total. The van der Waals surface area contributed by atoms with Crippen molar-refractivity contribution in [2.24, 2.45) is 10.4 Å². The van der Waals surface area contributed by atoms with Crippen molar-refractivity contribution in [2.45, 2.75) is 45.8 Å². The van der Waals surface area contributed by atoms with Gasteiger partial charge in [-0.3, -0.25) is 4.99 Å². The van der Waals surface area contributed by atoms with Crippen LogP contribution >= 0.6 is 0 Å². The molecule has 1 spiro atoms. The summed E-state index contributed by atoms with van der Waals surface area (Å²) in [7, 11) is 1.89. The van der Waals surface area contributed by atoms with E-state index in [2.05, 4.69) is 39.5 Å². The zero-order chi connectivity index (χ0) is 18.2. The van der Waals surface area contributed by atoms with E-state index >= 15 is 0 Å². The number of benzene rings is 1. The minimum atomic E-state index is 0.594. The molecule has 1 saturated heterocycles. The number of rotatable bonds is 8. The monoisotopic (exact) mass is 359 g/mol. The molecule has 0 radical (unpaired) electrons. The van der Waals surface area contributed by atoms with Crippen LogP contribution in [0.25, 0.3) is 0 Å². The van der Waals surface area contributed by atoms with Crippen LogP contribution in [0, 0.1) is 5.41 Å². The number of nitrogens with zero attached hydrogens (tertiary/aromatic N) is 2. The van der Waals surface area contributed by atoms with Crippen LogP contribution in [0.4, 0.5) is 0 Å². The number of nitrogens with one attached hydrogen (secondary N) is 1. The first-order chi connectivity index (χ1) is 12.7. The summed E-state index contributed by atoms with van der Waals surface area (Å²) in [5, 5.41) is 3.54. The summed E-state index contributed by atoms with van der Waals surface area (Å²) < 4.78 is 11.0. The maximum Gasteiger partial charge on any atom is 0.193 e. The molecule has 0 unspecified atom stereocenters. The van der Waals surface area contributed by atoms with Crippen LogP contribution in [-0.4, -0.2) is 50.8 Å². The molecule has 144 valence electrons. The second-order valence-electron chi connectivity index (χ2n) is 7.50. The van der Waals surface area contributed by atoms with E-state index in [1.165, 1.54) is 43.4 Å². The maximum atomic E-state index is 5.67. The number of likely N-dealkylation sites (tertiary alicyclic amines) is 1. The quantitative estimate of drug-likeness (QED) is 0.440. The van der Waals surface area contributed by atoms with Crippen LogP contribution in [0.2, 0.25) is 0 Å². The Morgan fingerprint density at radius 1 is 1.19 bits per heavy atom. The first kappa shape index (κ1) is 19.2. The molecule has 5 heteroatoms. The molecule has 0 aromatic heterocycles. The van der Waals surface area contributed by atoms with Crippen molar-refractivity contribution in [3.8, 4) is 0 Å². The Hall–Kier alpha value is -1.59. The van der Waals surface area contributed by atoms with E-state index in [-0.39, 0.29) is 0 Å². The van der Waals surface area contributed by atoms with E-state index in [1.807, 2.05) is 14.0 Å². The average molecular weight is 360 g/mol. The van der Waals surface area contributed by atoms with E-state index in [0.717, 1.165) is 25.7 Å². The molecule has 1 aromatic carbocycles. The topological polar surface area (TPSA) is 46.1 Å². The van der Waals surface area contributed by atoms with Gasteiger partial charge in [-0.1, -0.05) is 30.7 Å². The number of ether oxygens (including phenoxy) is 2. The highest BCUT2D eigenvalue weighted by atomic mass is 16.5. The summed E-state index contributed by atoms with van der Waals surface area (Å²) in [6, 6.07) is 8.57. The van der Waals surface area contributed by atoms with Gasteiger partial charge in [0.2, 0.25) is 0 Å². The fourth-order valence-electron chi connectivity index (χ4n) is 4.00. The third kappa shape index (κ3) is 4.98. The summed E-state index contributed by atoms with van der Waals surface area (Å²) in [5.41, 5.74) is 3.05. The lowest BCUT2D eigenvalue weighted by Crippen LogP contribution is -2.42. The molecule has 0 bridgehead atoms. The highest BCUT2D eigenvalue weighted by molar-refractivity contribution is 5.80. The van der Waals surface area contributed by atoms with Gasteiger partial charge in [0, 0.05) is 33.3 Å². The molecule has 0 atom stereocenters. The Kier molecular flexibility index (Phi) is 6.92. The average Bonchev–Trinajstić information content (AvgIpc) is 3.09. The molecule has 1 aromatic rings. The Morgan fingerprint density at radius 3 is 2.69 bits per heavy atom. The fourth-order valence-corrected chi connectivity index (χ4v) is 4.00. The number of hydrogen-bond donors (Lipinski definition) is 1. The van der Waals surface area contributed by atoms with E-state index < -0.39 is 0 Å². The van der Waals surface area contributed by atoms with Crippen LogP contribution in [0.15, 0.2) is 29.3 Å². The Balaban J connectivity index is 1.45. The van der Waals surface area contributed by atoms with Crippen LogP contribution in [0.3, 0.4) is 0 Å². The van der Waals surface area contributed by atoms with Crippen LogP contribution < -0.4 is 5.32 Å². The van der Waals surface area contributed by atoms with Gasteiger partial charge in [-0.15, -0.1) is 0 Å². The van der Waals surface area contributed by atoms with Gasteiger partial charge in [-0.2, -0.15) is 0 Å². The Bertz CT molecular complexity index is 599. The zero-order valence-corrected chi connectivity index (χ0v) is 16.3. The van der Waals surface area contributed by atoms with Gasteiger partial charge in [0.1, 0.15) is 0 Å². The molecule has 2 fully saturated rings. The molecule has 3 rings (SSSR count). The second kappa shape index (κ2) is 9.38. The van der Waals surface area contributed by atoms with Crippen molar-refractivity contribution in [1.29, 1.82) is 0 Å². The second-order valence-corrected chi connectivity index (χ2v) is 7.50. The molecule has 2 aliphatic rings. The molecule has 1 aliphatic carbocycles. The van der Waals surface area contributed by atoms with Crippen molar-refractivity contribution in [3.05, 3.63) is 35.4 Å². The lowest BCUT2D eigenvalue weighted by atomic mass is 9.68. The highest BCUT2D eigenvalue weighted by Crippen LogP contribution is 2.47. The standard InChI is InChI=1S/C21H33N3O2/c1-3-25-12-13-26-16-19-7-4-6-18(14-19)15-23-20(22-2)24-11-10-21(17-24)8-5-9-21/h4,6-7,14H,3,5,8-13,15-17H2,1-2H3,(H,22,23). The molecule has 1 aliphatic heterocycles. The lowest BCUT2D eigenvalue weighted by molar-refractivity contribution is 0.0453. The molecular formula is C21H33N3O2. The Morgan fingerprint density at radius 2 is 2.00 bits per heavy atom. The Labute approximate surface area is 157 Å². The third-order valence-corrected chi connectivity index (χ3v) is 5.65. The van der Waals surface area contributed by atoms with Crippen molar-refractivity contribution >= 4 is 5.96 Å². The normalized spacial score (nSPS) is 19.0. The van der Waals surface area contributed by atoms with Crippen LogP contribution in [0.1, 0.15) is 43.7 Å². The highest BCUT2D eigenvalue weighted by Gasteiger charge is 2.43. The molecule has 1 saturated carbocycles. The van der Waals surface area contributed by atoms with Gasteiger partial charge in [0.15, 0.2) is 5.96 Å². The SMILES string of the molecule is CCOCCOCc1cccc(CNC(=NC)N2CCC3(CCC3)C2)c1. The largest absolute Gasteiger partial charge is 0.379 e. The predicted octanol–water partition coefficient (Wildman–Crippen LogP) is 3.19. The van der Waals surface area contributed by atoms with Gasteiger partial charge < -0.3 is 19.7 Å². The number of hydrogen-bond acceptors (Lipinski definition) is 3. The summed E-state index contributed by atoms with van der Waals surface area (Å²) in [6.07, 6.45) is 5.51. The van der Waals surface area contributed by atoms with Gasteiger partial charge >= 0.3 is 0 Å². The van der Waals surface area contributed by atoms with Crippen molar-refractivity contribution in [2.75, 3.05) is 40.0 Å². The molecule has 0 amide bonds. The fraction of sp³-hybridized carbons (Fsp3) is 0.667. The summed E-state index contributed by atoms with van der Waals surface area (Å²) in [5.74, 6) is 1.03. The number of aliphatic imine (C=N–C) groups is 1. The zero-order valence-electron chi connectivity index (χ0n) is 16.3. The summed E-state index contributed by atoms with van der Waals surface area (Å²) >= 11 is 0. The molecule has 1 N–H and O–H groups in total. The first-order valence-corrected chi connectivity index (χ1v) is 9.93. The van der Waals surface area contributed by atoms with Gasteiger partial charge in [0.25, 0.3) is 0 Å². The van der Waals surface area contributed by atoms with E-state index in [1.54, 1.807) is 0 Å². The van der Waals surface area contributed by atoms with Crippen molar-refractivity contribution in [1.82, 2.24) is 10.2 Å². The van der Waals surface area contributed by atoms with Gasteiger partial charge in [0.05, 0.1) is 19.8 Å². The smallest absolute Gasteiger partial charge is 0.193 e. The molecule has 26 heavy (non-hydrogen) atoms. The molecular weight excluding hydrogens is 326 g/mol. The van der Waals surface area contributed by atoms with E-state index in [4.69, 9.17) is 9.47 Å². The number of guanidine groups is 1. The minimum Gasteiger partial charge on any atom is -0.379 e. The third-order valence-electron chi connectivity index (χ3n) is 5.65. The lowest BCUT2D eigenvalue weighted by Gasteiger charge is -2.38. The first-order valence-electron chi connectivity index (χ1n) is 9.93. The minimum absolute atomic E-state index is 0.594. The van der Waals surface area contributed by atoms with Crippen molar-refractivity contribution < 1.29 is 9.47 Å². The molecule has 1 heterocycles. The van der Waals surface area contributed by atoms with Gasteiger partial charge in [-0.25, -0.2) is 0 Å². The van der Waals surface area contributed by atoms with Crippen LogP contribution in [0.5, 0.6) is 0 Å². The maximum absolute atomic E-state index is 5.67. The van der Waals surface area contributed by atoms with Crippen molar-refractivity contribution in [3.63, 3.8) is 0 Å². The predicted molar refractivity (Wildman–Crippen MR) is 105 cm³/mol.